The Kier molecular flexibility index (Phi) is 9.01. The van der Waals surface area contributed by atoms with Gasteiger partial charge in [0.05, 0.1) is 19.4 Å². The third-order valence-corrected chi connectivity index (χ3v) is 4.27. The standard InChI is InChI=1S/C22H27N3O2S/c1-4-13-23-22(28)25-24-16-19-9-11-20(12-10-19)26-14-6-15-27-21-8-5-7-17(2)18(21)3/h4-5,7-12,16H,1,6,13-15H2,2-3H3,(H2,23,25,28)/b24-16-. The summed E-state index contributed by atoms with van der Waals surface area (Å²) in [7, 11) is 0. The molecule has 28 heavy (non-hydrogen) atoms. The number of hydrogen-bond donors (Lipinski definition) is 2. The average molecular weight is 398 g/mol. The third-order valence-electron chi connectivity index (χ3n) is 4.04. The average Bonchev–Trinajstić information content (AvgIpc) is 2.70. The smallest absolute Gasteiger partial charge is 0.187 e. The highest BCUT2D eigenvalue weighted by molar-refractivity contribution is 7.80. The van der Waals surface area contributed by atoms with Crippen LogP contribution < -0.4 is 20.2 Å². The van der Waals surface area contributed by atoms with E-state index in [9.17, 15) is 0 Å². The van der Waals surface area contributed by atoms with Crippen LogP contribution in [0, 0.1) is 13.8 Å². The van der Waals surface area contributed by atoms with E-state index in [-0.39, 0.29) is 0 Å². The minimum absolute atomic E-state index is 0.458. The minimum Gasteiger partial charge on any atom is -0.493 e. The van der Waals surface area contributed by atoms with E-state index in [1.807, 2.05) is 36.4 Å². The maximum absolute atomic E-state index is 5.84. The largest absolute Gasteiger partial charge is 0.493 e. The molecule has 2 rings (SSSR count). The molecule has 2 N–H and O–H groups in total. The fourth-order valence-electron chi connectivity index (χ4n) is 2.33. The van der Waals surface area contributed by atoms with Gasteiger partial charge in [0.15, 0.2) is 5.11 Å². The lowest BCUT2D eigenvalue weighted by Crippen LogP contribution is -2.31. The van der Waals surface area contributed by atoms with Crippen LogP contribution >= 0.6 is 12.2 Å². The Labute approximate surface area is 172 Å². The summed E-state index contributed by atoms with van der Waals surface area (Å²) in [5, 5.41) is 7.48. The zero-order chi connectivity index (χ0) is 20.2. The molecule has 0 saturated carbocycles. The van der Waals surface area contributed by atoms with Crippen molar-refractivity contribution in [3.63, 3.8) is 0 Å². The van der Waals surface area contributed by atoms with Crippen LogP contribution in [0.4, 0.5) is 0 Å². The van der Waals surface area contributed by atoms with Crippen molar-refractivity contribution in [2.45, 2.75) is 20.3 Å². The first-order chi connectivity index (χ1) is 13.6. The van der Waals surface area contributed by atoms with Crippen molar-refractivity contribution < 1.29 is 9.47 Å². The van der Waals surface area contributed by atoms with Crippen LogP contribution in [-0.4, -0.2) is 31.1 Å². The molecule has 5 nitrogen and oxygen atoms in total. The minimum atomic E-state index is 0.458. The number of benzene rings is 2. The van der Waals surface area contributed by atoms with Gasteiger partial charge >= 0.3 is 0 Å². The molecule has 2 aromatic carbocycles. The van der Waals surface area contributed by atoms with E-state index in [1.165, 1.54) is 11.1 Å². The Morgan fingerprint density at radius 1 is 1.11 bits per heavy atom. The number of aryl methyl sites for hydroxylation is 1. The van der Waals surface area contributed by atoms with Gasteiger partial charge in [0.2, 0.25) is 0 Å². The molecule has 148 valence electrons. The normalized spacial score (nSPS) is 10.5. The molecular formula is C22H27N3O2S. The maximum Gasteiger partial charge on any atom is 0.187 e. The van der Waals surface area contributed by atoms with Gasteiger partial charge in [0.25, 0.3) is 0 Å². The molecule has 0 spiro atoms. The first kappa shape index (κ1) is 21.4. The predicted molar refractivity (Wildman–Crippen MR) is 119 cm³/mol. The number of rotatable bonds is 10. The van der Waals surface area contributed by atoms with E-state index in [0.717, 1.165) is 23.5 Å². The summed E-state index contributed by atoms with van der Waals surface area (Å²) in [5.74, 6) is 1.76. The van der Waals surface area contributed by atoms with E-state index < -0.39 is 0 Å². The number of nitrogens with one attached hydrogen (secondary N) is 2. The van der Waals surface area contributed by atoms with Crippen LogP contribution in [-0.2, 0) is 0 Å². The molecule has 0 atom stereocenters. The van der Waals surface area contributed by atoms with Crippen LogP contribution in [0.3, 0.4) is 0 Å². The van der Waals surface area contributed by atoms with Crippen molar-refractivity contribution >= 4 is 23.5 Å². The van der Waals surface area contributed by atoms with Crippen molar-refractivity contribution in [1.82, 2.24) is 10.7 Å². The highest BCUT2D eigenvalue weighted by Gasteiger charge is 2.01. The Morgan fingerprint density at radius 3 is 2.61 bits per heavy atom. The molecular weight excluding hydrogens is 370 g/mol. The van der Waals surface area contributed by atoms with Gasteiger partial charge in [-0.05, 0) is 73.1 Å². The Morgan fingerprint density at radius 2 is 1.86 bits per heavy atom. The Hall–Kier alpha value is -2.86. The number of hydrogen-bond acceptors (Lipinski definition) is 4. The number of hydrazone groups is 1. The molecule has 0 fully saturated rings. The molecule has 0 aliphatic carbocycles. The van der Waals surface area contributed by atoms with Gasteiger partial charge in [-0.25, -0.2) is 0 Å². The van der Waals surface area contributed by atoms with E-state index in [1.54, 1.807) is 12.3 Å². The lowest BCUT2D eigenvalue weighted by atomic mass is 10.1. The summed E-state index contributed by atoms with van der Waals surface area (Å²) in [6.45, 7) is 9.60. The summed E-state index contributed by atoms with van der Waals surface area (Å²) in [4.78, 5) is 0. The summed E-state index contributed by atoms with van der Waals surface area (Å²) >= 11 is 5.06. The molecule has 0 saturated heterocycles. The van der Waals surface area contributed by atoms with E-state index in [4.69, 9.17) is 21.7 Å². The monoisotopic (exact) mass is 397 g/mol. The predicted octanol–water partition coefficient (Wildman–Crippen LogP) is 4.14. The van der Waals surface area contributed by atoms with E-state index >= 15 is 0 Å². The Balaban J connectivity index is 1.67. The van der Waals surface area contributed by atoms with E-state index in [0.29, 0.717) is 24.9 Å². The second-order valence-corrected chi connectivity index (χ2v) is 6.59. The first-order valence-corrected chi connectivity index (χ1v) is 9.60. The van der Waals surface area contributed by atoms with Gasteiger partial charge in [-0.2, -0.15) is 5.10 Å². The van der Waals surface area contributed by atoms with Crippen molar-refractivity contribution in [1.29, 1.82) is 0 Å². The second-order valence-electron chi connectivity index (χ2n) is 6.19. The van der Waals surface area contributed by atoms with Gasteiger partial charge in [0.1, 0.15) is 11.5 Å². The first-order valence-electron chi connectivity index (χ1n) is 9.20. The summed E-state index contributed by atoms with van der Waals surface area (Å²) in [5.41, 5.74) is 6.12. The molecule has 0 unspecified atom stereocenters. The molecule has 2 aromatic rings. The topological polar surface area (TPSA) is 54.9 Å². The van der Waals surface area contributed by atoms with Crippen molar-refractivity contribution in [3.05, 3.63) is 71.8 Å². The molecule has 0 heterocycles. The van der Waals surface area contributed by atoms with Crippen LogP contribution in [0.5, 0.6) is 11.5 Å². The zero-order valence-electron chi connectivity index (χ0n) is 16.4. The zero-order valence-corrected chi connectivity index (χ0v) is 17.2. The fourth-order valence-corrected chi connectivity index (χ4v) is 2.47. The SMILES string of the molecule is C=CCNC(=S)N/N=C\c1ccc(OCCCOc2cccc(C)c2C)cc1. The van der Waals surface area contributed by atoms with E-state index in [2.05, 4.69) is 42.3 Å². The van der Waals surface area contributed by atoms with Crippen LogP contribution in [0.25, 0.3) is 0 Å². The lowest BCUT2D eigenvalue weighted by Gasteiger charge is -2.11. The van der Waals surface area contributed by atoms with Gasteiger partial charge in [-0.1, -0.05) is 18.2 Å². The summed E-state index contributed by atoms with van der Waals surface area (Å²) < 4.78 is 11.6. The Bertz CT molecular complexity index is 804. The second kappa shape index (κ2) is 11.8. The van der Waals surface area contributed by atoms with Crippen molar-refractivity contribution in [2.75, 3.05) is 19.8 Å². The fraction of sp³-hybridized carbons (Fsp3) is 0.273. The van der Waals surface area contributed by atoms with Crippen LogP contribution in [0.2, 0.25) is 0 Å². The van der Waals surface area contributed by atoms with Gasteiger partial charge in [0, 0.05) is 13.0 Å². The van der Waals surface area contributed by atoms with Crippen molar-refractivity contribution in [2.24, 2.45) is 5.10 Å². The molecule has 0 amide bonds. The molecule has 0 aliphatic heterocycles. The number of thiocarbonyl (C=S) groups is 1. The number of ether oxygens (including phenoxy) is 2. The van der Waals surface area contributed by atoms with Gasteiger partial charge in [-0.3, -0.25) is 5.43 Å². The molecule has 0 radical (unpaired) electrons. The van der Waals surface area contributed by atoms with Crippen molar-refractivity contribution in [3.8, 4) is 11.5 Å². The lowest BCUT2D eigenvalue weighted by molar-refractivity contribution is 0.246. The highest BCUT2D eigenvalue weighted by Crippen LogP contribution is 2.20. The maximum atomic E-state index is 5.84. The third kappa shape index (κ3) is 7.40. The molecule has 6 heteroatoms. The van der Waals surface area contributed by atoms with Gasteiger partial charge in [-0.15, -0.1) is 6.58 Å². The van der Waals surface area contributed by atoms with Crippen LogP contribution in [0.1, 0.15) is 23.1 Å². The molecule has 0 aromatic heterocycles. The summed E-state index contributed by atoms with van der Waals surface area (Å²) in [6, 6.07) is 13.8. The molecule has 0 aliphatic rings. The number of nitrogens with zero attached hydrogens (tertiary/aromatic N) is 1. The van der Waals surface area contributed by atoms with Gasteiger partial charge < -0.3 is 14.8 Å². The highest BCUT2D eigenvalue weighted by atomic mass is 32.1. The van der Waals surface area contributed by atoms with Crippen LogP contribution in [0.15, 0.2) is 60.2 Å². The quantitative estimate of drug-likeness (QED) is 0.208. The summed E-state index contributed by atoms with van der Waals surface area (Å²) in [6.07, 6.45) is 4.24. The molecule has 0 bridgehead atoms.